The number of nitrogens with zero attached hydrogens (tertiary/aromatic N) is 3. The van der Waals surface area contributed by atoms with E-state index in [1.54, 1.807) is 0 Å². The summed E-state index contributed by atoms with van der Waals surface area (Å²) in [7, 11) is 0. The quantitative estimate of drug-likeness (QED) is 0.825. The van der Waals surface area contributed by atoms with Gasteiger partial charge >= 0.3 is 0 Å². The molecule has 1 aromatic carbocycles. The predicted molar refractivity (Wildman–Crippen MR) is 117 cm³/mol. The molecule has 1 aromatic rings. The Hall–Kier alpha value is -1.92. The van der Waals surface area contributed by atoms with Crippen molar-refractivity contribution in [3.8, 4) is 0 Å². The first kappa shape index (κ1) is 21.8. The lowest BCUT2D eigenvalue weighted by atomic mass is 9.91. The fourth-order valence-electron chi connectivity index (χ4n) is 4.61. The SMILES string of the molecule is Cc1ccc(NC(=O)CN2CCN([C@@H](C)C(=O)N3C[C@H](C)C[C@H](C)C3)CC2)cc1. The summed E-state index contributed by atoms with van der Waals surface area (Å²) in [5.41, 5.74) is 2.01. The maximum absolute atomic E-state index is 13.0. The molecule has 0 bridgehead atoms. The number of carbonyl (C=O) groups is 2. The van der Waals surface area contributed by atoms with Crippen molar-refractivity contribution in [3.05, 3.63) is 29.8 Å². The molecule has 0 radical (unpaired) electrons. The highest BCUT2D eigenvalue weighted by molar-refractivity contribution is 5.92. The number of carbonyl (C=O) groups excluding carboxylic acids is 2. The minimum Gasteiger partial charge on any atom is -0.341 e. The van der Waals surface area contributed by atoms with Crippen LogP contribution in [0, 0.1) is 18.8 Å². The van der Waals surface area contributed by atoms with Gasteiger partial charge in [-0.2, -0.15) is 0 Å². The van der Waals surface area contributed by atoms with Gasteiger partial charge < -0.3 is 10.2 Å². The van der Waals surface area contributed by atoms with E-state index in [9.17, 15) is 9.59 Å². The summed E-state index contributed by atoms with van der Waals surface area (Å²) < 4.78 is 0. The zero-order valence-corrected chi connectivity index (χ0v) is 18.4. The molecular formula is C23H36N4O2. The molecule has 0 aromatic heterocycles. The van der Waals surface area contributed by atoms with Gasteiger partial charge in [-0.15, -0.1) is 0 Å². The largest absolute Gasteiger partial charge is 0.341 e. The van der Waals surface area contributed by atoms with Crippen molar-refractivity contribution in [2.45, 2.75) is 40.2 Å². The van der Waals surface area contributed by atoms with Crippen molar-refractivity contribution in [1.82, 2.24) is 14.7 Å². The number of likely N-dealkylation sites (tertiary alicyclic amines) is 1. The average molecular weight is 401 g/mol. The summed E-state index contributed by atoms with van der Waals surface area (Å²) in [5.74, 6) is 1.44. The van der Waals surface area contributed by atoms with Crippen LogP contribution in [0.5, 0.6) is 0 Å². The molecule has 1 N–H and O–H groups in total. The summed E-state index contributed by atoms with van der Waals surface area (Å²) in [6, 6.07) is 7.77. The lowest BCUT2D eigenvalue weighted by Crippen LogP contribution is -2.56. The number of amides is 2. The van der Waals surface area contributed by atoms with Gasteiger partial charge in [-0.3, -0.25) is 19.4 Å². The van der Waals surface area contributed by atoms with Crippen molar-refractivity contribution in [1.29, 1.82) is 0 Å². The van der Waals surface area contributed by atoms with E-state index in [0.29, 0.717) is 18.4 Å². The van der Waals surface area contributed by atoms with Crippen molar-refractivity contribution in [2.24, 2.45) is 11.8 Å². The first-order valence-corrected chi connectivity index (χ1v) is 10.9. The second-order valence-electron chi connectivity index (χ2n) is 9.09. The molecule has 2 fully saturated rings. The minimum absolute atomic E-state index is 0.0164. The maximum Gasteiger partial charge on any atom is 0.239 e. The molecule has 0 aliphatic carbocycles. The van der Waals surface area contributed by atoms with Gasteiger partial charge in [0, 0.05) is 45.0 Å². The van der Waals surface area contributed by atoms with Gasteiger partial charge in [-0.25, -0.2) is 0 Å². The van der Waals surface area contributed by atoms with E-state index in [1.807, 2.05) is 38.1 Å². The van der Waals surface area contributed by atoms with Crippen molar-refractivity contribution >= 4 is 17.5 Å². The summed E-state index contributed by atoms with van der Waals surface area (Å²) in [6.07, 6.45) is 1.21. The van der Waals surface area contributed by atoms with E-state index in [0.717, 1.165) is 45.0 Å². The third-order valence-corrected chi connectivity index (χ3v) is 6.20. The first-order chi connectivity index (χ1) is 13.8. The van der Waals surface area contributed by atoms with E-state index in [4.69, 9.17) is 0 Å². The molecule has 160 valence electrons. The molecule has 2 aliphatic rings. The van der Waals surface area contributed by atoms with Gasteiger partial charge in [0.25, 0.3) is 0 Å². The Balaban J connectivity index is 1.44. The summed E-state index contributed by atoms with van der Waals surface area (Å²) >= 11 is 0. The van der Waals surface area contributed by atoms with Gasteiger partial charge in [0.15, 0.2) is 0 Å². The number of benzene rings is 1. The van der Waals surface area contributed by atoms with Gasteiger partial charge in [-0.05, 0) is 44.2 Å². The Labute approximate surface area is 175 Å². The highest BCUT2D eigenvalue weighted by Crippen LogP contribution is 2.22. The molecule has 6 nitrogen and oxygen atoms in total. The number of hydrogen-bond acceptors (Lipinski definition) is 4. The van der Waals surface area contributed by atoms with E-state index in [-0.39, 0.29) is 17.9 Å². The van der Waals surface area contributed by atoms with Crippen LogP contribution in [0.15, 0.2) is 24.3 Å². The van der Waals surface area contributed by atoms with Crippen molar-refractivity contribution in [3.63, 3.8) is 0 Å². The normalized spacial score (nSPS) is 24.9. The van der Waals surface area contributed by atoms with Crippen LogP contribution in [-0.4, -0.2) is 78.4 Å². The van der Waals surface area contributed by atoms with Crippen LogP contribution in [0.3, 0.4) is 0 Å². The van der Waals surface area contributed by atoms with E-state index >= 15 is 0 Å². The third kappa shape index (κ3) is 6.03. The van der Waals surface area contributed by atoms with Crippen LogP contribution in [0.1, 0.15) is 32.8 Å². The highest BCUT2D eigenvalue weighted by atomic mass is 16.2. The van der Waals surface area contributed by atoms with Crippen molar-refractivity contribution < 1.29 is 9.59 Å². The lowest BCUT2D eigenvalue weighted by Gasteiger charge is -2.41. The molecule has 2 heterocycles. The Bertz CT molecular complexity index is 687. The zero-order valence-electron chi connectivity index (χ0n) is 18.4. The van der Waals surface area contributed by atoms with Crippen LogP contribution in [0.25, 0.3) is 0 Å². The molecule has 6 heteroatoms. The molecule has 0 saturated carbocycles. The molecule has 0 spiro atoms. The van der Waals surface area contributed by atoms with Crippen LogP contribution >= 0.6 is 0 Å². The molecule has 3 rings (SSSR count). The van der Waals surface area contributed by atoms with E-state index in [2.05, 4.69) is 33.9 Å². The highest BCUT2D eigenvalue weighted by Gasteiger charge is 2.32. The van der Waals surface area contributed by atoms with Gasteiger partial charge in [0.2, 0.25) is 11.8 Å². The molecule has 3 atom stereocenters. The van der Waals surface area contributed by atoms with Gasteiger partial charge in [-0.1, -0.05) is 31.5 Å². The molecule has 2 aliphatic heterocycles. The van der Waals surface area contributed by atoms with Crippen LogP contribution < -0.4 is 5.32 Å². The van der Waals surface area contributed by atoms with E-state index in [1.165, 1.54) is 12.0 Å². The maximum atomic E-state index is 13.0. The summed E-state index contributed by atoms with van der Waals surface area (Å²) in [4.78, 5) is 31.8. The van der Waals surface area contributed by atoms with Gasteiger partial charge in [0.05, 0.1) is 12.6 Å². The van der Waals surface area contributed by atoms with Crippen LogP contribution in [0.4, 0.5) is 5.69 Å². The summed E-state index contributed by atoms with van der Waals surface area (Å²) in [6.45, 7) is 14.0. The Kier molecular flexibility index (Phi) is 7.30. The Morgan fingerprint density at radius 1 is 1.03 bits per heavy atom. The minimum atomic E-state index is -0.0870. The molecule has 0 unspecified atom stereocenters. The molecule has 2 saturated heterocycles. The number of rotatable bonds is 5. The van der Waals surface area contributed by atoms with Gasteiger partial charge in [0.1, 0.15) is 0 Å². The number of anilines is 1. The molecular weight excluding hydrogens is 364 g/mol. The van der Waals surface area contributed by atoms with E-state index < -0.39 is 0 Å². The monoisotopic (exact) mass is 400 g/mol. The standard InChI is InChI=1S/C23H36N4O2/c1-17-5-7-21(8-6-17)24-22(28)16-25-9-11-26(12-10-25)20(4)23(29)27-14-18(2)13-19(3)15-27/h5-8,18-20H,9-16H2,1-4H3,(H,24,28)/t18-,19+,20-/m0/s1. The molecule has 29 heavy (non-hydrogen) atoms. The third-order valence-electron chi connectivity index (χ3n) is 6.20. The number of nitrogens with one attached hydrogen (secondary N) is 1. The molecule has 2 amide bonds. The van der Waals surface area contributed by atoms with Crippen molar-refractivity contribution in [2.75, 3.05) is 51.1 Å². The number of piperazine rings is 1. The topological polar surface area (TPSA) is 55.9 Å². The second kappa shape index (κ2) is 9.72. The number of piperidine rings is 1. The Morgan fingerprint density at radius 2 is 1.62 bits per heavy atom. The first-order valence-electron chi connectivity index (χ1n) is 10.9. The number of hydrogen-bond donors (Lipinski definition) is 1. The lowest BCUT2D eigenvalue weighted by molar-refractivity contribution is -0.140. The van der Waals surface area contributed by atoms with Crippen LogP contribution in [-0.2, 0) is 9.59 Å². The fraction of sp³-hybridized carbons (Fsp3) is 0.652. The van der Waals surface area contributed by atoms with Crippen LogP contribution in [0.2, 0.25) is 0 Å². The smallest absolute Gasteiger partial charge is 0.239 e. The number of aryl methyl sites for hydroxylation is 1. The Morgan fingerprint density at radius 3 is 2.21 bits per heavy atom. The average Bonchev–Trinajstić information content (AvgIpc) is 2.68. The fourth-order valence-corrected chi connectivity index (χ4v) is 4.61. The predicted octanol–water partition coefficient (Wildman–Crippen LogP) is 2.44. The second-order valence-corrected chi connectivity index (χ2v) is 9.09. The summed E-state index contributed by atoms with van der Waals surface area (Å²) in [5, 5.41) is 2.96. The zero-order chi connectivity index (χ0) is 21.0.